The molecule has 6 heteroatoms. The topological polar surface area (TPSA) is 69.7 Å². The Morgan fingerprint density at radius 1 is 0.862 bits per heavy atom. The summed E-state index contributed by atoms with van der Waals surface area (Å²) >= 11 is 1.31. The van der Waals surface area contributed by atoms with Crippen LogP contribution in [0.15, 0.2) is 41.2 Å². The summed E-state index contributed by atoms with van der Waals surface area (Å²) in [5.41, 5.74) is 0.0943. The SMILES string of the molecule is CCCCOC(=O)c1ccc2c(=O)c3ccccc3sc2c1C(=O)OCCCC. The van der Waals surface area contributed by atoms with Crippen LogP contribution < -0.4 is 5.43 Å². The molecule has 0 amide bonds. The molecule has 0 aliphatic heterocycles. The Morgan fingerprint density at radius 2 is 1.52 bits per heavy atom. The number of hydrogen-bond donors (Lipinski definition) is 0. The standard InChI is InChI=1S/C23H24O5S/c1-3-5-13-27-22(25)16-11-12-17-20(24)15-9-7-8-10-18(15)29-21(17)19(16)23(26)28-14-6-4-2/h7-12H,3-6,13-14H2,1-2H3. The predicted molar refractivity (Wildman–Crippen MR) is 116 cm³/mol. The van der Waals surface area contributed by atoms with Crippen LogP contribution >= 0.6 is 11.3 Å². The molecule has 5 nitrogen and oxygen atoms in total. The molecule has 0 atom stereocenters. The number of hydrogen-bond acceptors (Lipinski definition) is 6. The first-order chi connectivity index (χ1) is 14.1. The molecule has 152 valence electrons. The Kier molecular flexibility index (Phi) is 6.99. The number of esters is 2. The van der Waals surface area contributed by atoms with Gasteiger partial charge < -0.3 is 9.47 Å². The lowest BCUT2D eigenvalue weighted by molar-refractivity contribution is 0.0454. The van der Waals surface area contributed by atoms with Gasteiger partial charge in [0, 0.05) is 15.5 Å². The van der Waals surface area contributed by atoms with Gasteiger partial charge in [0.25, 0.3) is 0 Å². The number of rotatable bonds is 8. The summed E-state index contributed by atoms with van der Waals surface area (Å²) in [5.74, 6) is -1.17. The van der Waals surface area contributed by atoms with E-state index < -0.39 is 11.9 Å². The van der Waals surface area contributed by atoms with Crippen LogP contribution in [-0.4, -0.2) is 25.2 Å². The molecule has 0 unspecified atom stereocenters. The van der Waals surface area contributed by atoms with E-state index in [0.29, 0.717) is 15.5 Å². The number of benzene rings is 2. The van der Waals surface area contributed by atoms with Gasteiger partial charge in [-0.2, -0.15) is 0 Å². The van der Waals surface area contributed by atoms with Crippen LogP contribution in [0.5, 0.6) is 0 Å². The largest absolute Gasteiger partial charge is 0.462 e. The van der Waals surface area contributed by atoms with Gasteiger partial charge in [0.2, 0.25) is 0 Å². The minimum Gasteiger partial charge on any atom is -0.462 e. The van der Waals surface area contributed by atoms with Crippen LogP contribution in [-0.2, 0) is 9.47 Å². The smallest absolute Gasteiger partial charge is 0.340 e. The van der Waals surface area contributed by atoms with Gasteiger partial charge in [0.1, 0.15) is 0 Å². The highest BCUT2D eigenvalue weighted by molar-refractivity contribution is 7.25. The van der Waals surface area contributed by atoms with Crippen LogP contribution in [0, 0.1) is 0 Å². The maximum Gasteiger partial charge on any atom is 0.340 e. The van der Waals surface area contributed by atoms with Crippen molar-refractivity contribution < 1.29 is 19.1 Å². The second-order valence-electron chi connectivity index (χ2n) is 6.77. The first-order valence-electron chi connectivity index (χ1n) is 9.91. The van der Waals surface area contributed by atoms with Crippen molar-refractivity contribution in [3.05, 3.63) is 57.7 Å². The molecule has 29 heavy (non-hydrogen) atoms. The Hall–Kier alpha value is -2.73. The first kappa shape index (κ1) is 21.0. The molecule has 1 heterocycles. The monoisotopic (exact) mass is 412 g/mol. The normalized spacial score (nSPS) is 11.0. The van der Waals surface area contributed by atoms with E-state index in [0.717, 1.165) is 30.4 Å². The van der Waals surface area contributed by atoms with Crippen LogP contribution in [0.4, 0.5) is 0 Å². The molecule has 0 fully saturated rings. The number of carbonyl (C=O) groups excluding carboxylic acids is 2. The van der Waals surface area contributed by atoms with E-state index in [-0.39, 0.29) is 29.8 Å². The number of fused-ring (bicyclic) bond motifs is 2. The molecule has 0 bridgehead atoms. The van der Waals surface area contributed by atoms with E-state index >= 15 is 0 Å². The average molecular weight is 413 g/mol. The van der Waals surface area contributed by atoms with Crippen molar-refractivity contribution in [3.63, 3.8) is 0 Å². The lowest BCUT2D eigenvalue weighted by Crippen LogP contribution is -2.16. The molecular weight excluding hydrogens is 388 g/mol. The summed E-state index contributed by atoms with van der Waals surface area (Å²) < 4.78 is 11.9. The predicted octanol–water partition coefficient (Wildman–Crippen LogP) is 5.33. The number of unbranched alkanes of at least 4 members (excludes halogenated alkanes) is 2. The van der Waals surface area contributed by atoms with Crippen LogP contribution in [0.2, 0.25) is 0 Å². The lowest BCUT2D eigenvalue weighted by Gasteiger charge is -2.12. The van der Waals surface area contributed by atoms with Crippen molar-refractivity contribution in [2.75, 3.05) is 13.2 Å². The summed E-state index contributed by atoms with van der Waals surface area (Å²) in [6.45, 7) is 4.55. The maximum absolute atomic E-state index is 13.0. The minimum absolute atomic E-state index is 0.118. The van der Waals surface area contributed by atoms with E-state index in [1.54, 1.807) is 12.1 Å². The quantitative estimate of drug-likeness (QED) is 0.284. The summed E-state index contributed by atoms with van der Waals surface area (Å²) in [7, 11) is 0. The zero-order valence-electron chi connectivity index (χ0n) is 16.7. The highest BCUT2D eigenvalue weighted by Crippen LogP contribution is 2.30. The maximum atomic E-state index is 13.0. The van der Waals surface area contributed by atoms with Gasteiger partial charge in [-0.1, -0.05) is 38.8 Å². The van der Waals surface area contributed by atoms with Gasteiger partial charge in [0.05, 0.1) is 29.0 Å². The summed E-state index contributed by atoms with van der Waals surface area (Å²) in [6.07, 6.45) is 3.25. The Labute approximate surface area is 173 Å². The molecular formula is C23H24O5S. The molecule has 2 aromatic carbocycles. The second kappa shape index (κ2) is 9.65. The van der Waals surface area contributed by atoms with Crippen molar-refractivity contribution in [1.29, 1.82) is 0 Å². The van der Waals surface area contributed by atoms with E-state index in [4.69, 9.17) is 9.47 Å². The van der Waals surface area contributed by atoms with Gasteiger partial charge in [-0.3, -0.25) is 4.79 Å². The second-order valence-corrected chi connectivity index (χ2v) is 7.82. The zero-order chi connectivity index (χ0) is 20.8. The minimum atomic E-state index is -0.600. The van der Waals surface area contributed by atoms with Crippen molar-refractivity contribution in [2.45, 2.75) is 39.5 Å². The third-order valence-corrected chi connectivity index (χ3v) is 5.84. The van der Waals surface area contributed by atoms with Crippen molar-refractivity contribution in [3.8, 4) is 0 Å². The summed E-state index contributed by atoms with van der Waals surface area (Å²) in [6, 6.07) is 10.3. The fourth-order valence-corrected chi connectivity index (χ4v) is 4.21. The fraction of sp³-hybridized carbons (Fsp3) is 0.348. The lowest BCUT2D eigenvalue weighted by atomic mass is 10.0. The number of carbonyl (C=O) groups is 2. The molecule has 0 aliphatic carbocycles. The van der Waals surface area contributed by atoms with Crippen molar-refractivity contribution in [1.82, 2.24) is 0 Å². The van der Waals surface area contributed by atoms with E-state index in [9.17, 15) is 14.4 Å². The van der Waals surface area contributed by atoms with Crippen LogP contribution in [0.3, 0.4) is 0 Å². The third kappa shape index (κ3) is 4.48. The van der Waals surface area contributed by atoms with E-state index in [2.05, 4.69) is 0 Å². The molecule has 1 aromatic heterocycles. The zero-order valence-corrected chi connectivity index (χ0v) is 17.5. The van der Waals surface area contributed by atoms with Gasteiger partial charge in [-0.25, -0.2) is 9.59 Å². The highest BCUT2D eigenvalue weighted by Gasteiger charge is 2.24. The molecule has 3 aromatic rings. The van der Waals surface area contributed by atoms with Gasteiger partial charge in [-0.05, 0) is 37.1 Å². The Morgan fingerprint density at radius 3 is 2.21 bits per heavy atom. The van der Waals surface area contributed by atoms with Crippen LogP contribution in [0.25, 0.3) is 20.2 Å². The van der Waals surface area contributed by atoms with Crippen LogP contribution in [0.1, 0.15) is 60.2 Å². The summed E-state index contributed by atoms with van der Waals surface area (Å²) in [5, 5.41) is 0.995. The third-order valence-electron chi connectivity index (χ3n) is 4.63. The highest BCUT2D eigenvalue weighted by atomic mass is 32.1. The average Bonchev–Trinajstić information content (AvgIpc) is 2.73. The molecule has 0 saturated heterocycles. The Bertz CT molecular complexity index is 1100. The molecule has 0 radical (unpaired) electrons. The van der Waals surface area contributed by atoms with Crippen molar-refractivity contribution >= 4 is 43.4 Å². The Balaban J connectivity index is 2.17. The molecule has 0 saturated carbocycles. The van der Waals surface area contributed by atoms with Gasteiger partial charge in [0.15, 0.2) is 5.43 Å². The molecule has 3 rings (SSSR count). The van der Waals surface area contributed by atoms with Gasteiger partial charge in [-0.15, -0.1) is 11.3 Å². The van der Waals surface area contributed by atoms with Crippen molar-refractivity contribution in [2.24, 2.45) is 0 Å². The van der Waals surface area contributed by atoms with Gasteiger partial charge >= 0.3 is 11.9 Å². The summed E-state index contributed by atoms with van der Waals surface area (Å²) in [4.78, 5) is 38.5. The fourth-order valence-electron chi connectivity index (χ4n) is 3.01. The molecule has 0 N–H and O–H groups in total. The van der Waals surface area contributed by atoms with E-state index in [1.807, 2.05) is 32.0 Å². The van der Waals surface area contributed by atoms with E-state index in [1.165, 1.54) is 17.4 Å². The number of ether oxygens (including phenoxy) is 2. The molecule has 0 spiro atoms. The first-order valence-corrected chi connectivity index (χ1v) is 10.7. The molecule has 0 aliphatic rings.